The molecule has 8 heteroatoms. The molecule has 0 saturated heterocycles. The molecule has 0 atom stereocenters. The largest absolute Gasteiger partial charge is 0.490 e. The van der Waals surface area contributed by atoms with Gasteiger partial charge in [-0.3, -0.25) is 10.1 Å². The number of aromatic nitrogens is 2. The van der Waals surface area contributed by atoms with Gasteiger partial charge in [-0.1, -0.05) is 12.1 Å². The number of benzene rings is 2. The minimum Gasteiger partial charge on any atom is -0.490 e. The van der Waals surface area contributed by atoms with E-state index in [9.17, 15) is 10.1 Å². The van der Waals surface area contributed by atoms with Gasteiger partial charge in [0.25, 0.3) is 0 Å². The number of nitro groups is 1. The second-order valence-electron chi connectivity index (χ2n) is 5.06. The highest BCUT2D eigenvalue weighted by Gasteiger charge is 2.16. The molecule has 1 aromatic heterocycles. The van der Waals surface area contributed by atoms with Crippen LogP contribution in [0.3, 0.4) is 0 Å². The van der Waals surface area contributed by atoms with Crippen LogP contribution < -0.4 is 10.2 Å². The van der Waals surface area contributed by atoms with Gasteiger partial charge < -0.3 is 9.72 Å². The molecule has 0 saturated carbocycles. The van der Waals surface area contributed by atoms with E-state index in [2.05, 4.69) is 20.5 Å². The molecule has 0 amide bonds. The molecule has 0 bridgehead atoms. The molecule has 0 unspecified atom stereocenters. The lowest BCUT2D eigenvalue weighted by atomic mass is 10.1. The number of methoxy groups -OCH3 is 1. The number of anilines is 1. The summed E-state index contributed by atoms with van der Waals surface area (Å²) in [7, 11) is 1.39. The van der Waals surface area contributed by atoms with E-state index >= 15 is 0 Å². The smallest absolute Gasteiger partial charge is 0.311 e. The molecule has 1 heterocycles. The number of imidazole rings is 1. The summed E-state index contributed by atoms with van der Waals surface area (Å²) in [5, 5.41) is 15.3. The molecule has 0 aliphatic heterocycles. The molecule has 3 rings (SSSR count). The van der Waals surface area contributed by atoms with Crippen molar-refractivity contribution in [2.45, 2.75) is 6.92 Å². The van der Waals surface area contributed by atoms with Crippen LogP contribution in [0.5, 0.6) is 5.75 Å². The maximum atomic E-state index is 11.1. The average Bonchev–Trinajstić information content (AvgIpc) is 3.02. The van der Waals surface area contributed by atoms with E-state index in [0.29, 0.717) is 17.2 Å². The Labute approximate surface area is 137 Å². The van der Waals surface area contributed by atoms with Crippen molar-refractivity contribution in [3.05, 3.63) is 58.1 Å². The third kappa shape index (κ3) is 3.02. The Balaban J connectivity index is 1.85. The van der Waals surface area contributed by atoms with Crippen LogP contribution in [-0.2, 0) is 0 Å². The van der Waals surface area contributed by atoms with E-state index in [1.54, 1.807) is 19.1 Å². The minimum atomic E-state index is -0.484. The van der Waals surface area contributed by atoms with Crippen LogP contribution in [0.2, 0.25) is 0 Å². The molecule has 0 radical (unpaired) electrons. The Morgan fingerprint density at radius 1 is 1.33 bits per heavy atom. The van der Waals surface area contributed by atoms with Crippen LogP contribution in [0.4, 0.5) is 11.6 Å². The summed E-state index contributed by atoms with van der Waals surface area (Å²) in [6.07, 6.45) is 0. The van der Waals surface area contributed by atoms with E-state index < -0.39 is 4.92 Å². The monoisotopic (exact) mass is 325 g/mol. The maximum absolute atomic E-state index is 11.1. The lowest BCUT2D eigenvalue weighted by Gasteiger charge is -2.05. The molecule has 0 fully saturated rings. The fraction of sp³-hybridized carbons (Fsp3) is 0.125. The van der Waals surface area contributed by atoms with E-state index in [0.717, 1.165) is 11.0 Å². The number of nitrogens with zero attached hydrogens (tertiary/aromatic N) is 3. The molecular formula is C16H15N5O3. The highest BCUT2D eigenvalue weighted by atomic mass is 16.6. The van der Waals surface area contributed by atoms with Gasteiger partial charge >= 0.3 is 5.69 Å². The van der Waals surface area contributed by atoms with E-state index in [4.69, 9.17) is 4.74 Å². The van der Waals surface area contributed by atoms with Crippen molar-refractivity contribution in [1.82, 2.24) is 9.97 Å². The molecule has 122 valence electrons. The number of fused-ring (bicyclic) bond motifs is 1. The van der Waals surface area contributed by atoms with Crippen molar-refractivity contribution < 1.29 is 9.66 Å². The zero-order valence-electron chi connectivity index (χ0n) is 13.1. The summed E-state index contributed by atoms with van der Waals surface area (Å²) in [6, 6.07) is 12.3. The summed E-state index contributed by atoms with van der Waals surface area (Å²) >= 11 is 0. The summed E-state index contributed by atoms with van der Waals surface area (Å²) in [5.41, 5.74) is 5.65. The van der Waals surface area contributed by atoms with E-state index in [-0.39, 0.29) is 11.4 Å². The lowest BCUT2D eigenvalue weighted by Crippen LogP contribution is -2.02. The molecular weight excluding hydrogens is 310 g/mol. The number of hydrogen-bond acceptors (Lipinski definition) is 6. The van der Waals surface area contributed by atoms with Crippen LogP contribution in [0.25, 0.3) is 11.0 Å². The van der Waals surface area contributed by atoms with Gasteiger partial charge in [0, 0.05) is 11.6 Å². The standard InChI is InChI=1S/C16H15N5O3/c1-10(11-7-8-15(24-2)14(9-11)21(22)23)19-20-16-17-12-5-3-4-6-13(12)18-16/h3-9H,1-2H3,(H2,17,18,20)/b19-10-. The van der Waals surface area contributed by atoms with E-state index in [1.807, 2.05) is 24.3 Å². The number of para-hydroxylation sites is 2. The molecule has 24 heavy (non-hydrogen) atoms. The zero-order valence-corrected chi connectivity index (χ0v) is 13.1. The van der Waals surface area contributed by atoms with Gasteiger partial charge in [-0.25, -0.2) is 10.4 Å². The summed E-state index contributed by atoms with van der Waals surface area (Å²) < 4.78 is 4.99. The van der Waals surface area contributed by atoms with Crippen LogP contribution in [0, 0.1) is 10.1 Å². The van der Waals surface area contributed by atoms with Gasteiger partial charge in [-0.2, -0.15) is 5.10 Å². The second kappa shape index (κ2) is 6.37. The Kier molecular flexibility index (Phi) is 4.11. The number of ether oxygens (including phenoxy) is 1. The van der Waals surface area contributed by atoms with Gasteiger partial charge in [0.05, 0.1) is 28.8 Å². The fourth-order valence-corrected chi connectivity index (χ4v) is 2.26. The Bertz CT molecular complexity index is 899. The number of nitro benzene ring substituents is 1. The first-order valence-electron chi connectivity index (χ1n) is 7.16. The van der Waals surface area contributed by atoms with Crippen molar-refractivity contribution >= 4 is 28.4 Å². The Hall–Kier alpha value is -3.42. The molecule has 2 N–H and O–H groups in total. The molecule has 0 aliphatic rings. The van der Waals surface area contributed by atoms with Gasteiger partial charge in [0.2, 0.25) is 5.95 Å². The lowest BCUT2D eigenvalue weighted by molar-refractivity contribution is -0.385. The zero-order chi connectivity index (χ0) is 17.1. The summed E-state index contributed by atoms with van der Waals surface area (Å²) in [6.45, 7) is 1.75. The van der Waals surface area contributed by atoms with Gasteiger partial charge in [-0.05, 0) is 31.2 Å². The van der Waals surface area contributed by atoms with E-state index in [1.165, 1.54) is 13.2 Å². The van der Waals surface area contributed by atoms with Gasteiger partial charge in [-0.15, -0.1) is 0 Å². The molecule has 0 spiro atoms. The second-order valence-corrected chi connectivity index (χ2v) is 5.06. The third-order valence-electron chi connectivity index (χ3n) is 3.51. The number of hydrogen-bond donors (Lipinski definition) is 2. The average molecular weight is 325 g/mol. The minimum absolute atomic E-state index is 0.103. The van der Waals surface area contributed by atoms with Crippen molar-refractivity contribution in [2.75, 3.05) is 12.5 Å². The predicted octanol–water partition coefficient (Wildman–Crippen LogP) is 3.32. The first-order valence-corrected chi connectivity index (χ1v) is 7.16. The number of H-pyrrole nitrogens is 1. The topological polar surface area (TPSA) is 105 Å². The number of aromatic amines is 1. The van der Waals surface area contributed by atoms with Crippen LogP contribution in [0.15, 0.2) is 47.6 Å². The summed E-state index contributed by atoms with van der Waals surface area (Å²) in [4.78, 5) is 18.0. The molecule has 2 aromatic carbocycles. The predicted molar refractivity (Wildman–Crippen MR) is 91.6 cm³/mol. The van der Waals surface area contributed by atoms with Crippen molar-refractivity contribution in [3.63, 3.8) is 0 Å². The maximum Gasteiger partial charge on any atom is 0.311 e. The van der Waals surface area contributed by atoms with Crippen LogP contribution in [0.1, 0.15) is 12.5 Å². The quantitative estimate of drug-likeness (QED) is 0.425. The number of nitrogens with one attached hydrogen (secondary N) is 2. The highest BCUT2D eigenvalue weighted by molar-refractivity contribution is 5.99. The molecule has 3 aromatic rings. The molecule has 8 nitrogen and oxygen atoms in total. The normalized spacial score (nSPS) is 11.5. The fourth-order valence-electron chi connectivity index (χ4n) is 2.26. The Morgan fingerprint density at radius 2 is 2.12 bits per heavy atom. The number of rotatable bonds is 5. The number of hydrazone groups is 1. The van der Waals surface area contributed by atoms with Gasteiger partial charge in [0.1, 0.15) is 0 Å². The SMILES string of the molecule is COc1ccc(/C(C)=N\Nc2nc3ccccc3[nH]2)cc1[N+](=O)[O-]. The van der Waals surface area contributed by atoms with Crippen molar-refractivity contribution in [2.24, 2.45) is 5.10 Å². The highest BCUT2D eigenvalue weighted by Crippen LogP contribution is 2.27. The third-order valence-corrected chi connectivity index (χ3v) is 3.51. The van der Waals surface area contributed by atoms with Crippen molar-refractivity contribution in [1.29, 1.82) is 0 Å². The molecule has 0 aliphatic carbocycles. The van der Waals surface area contributed by atoms with Crippen molar-refractivity contribution in [3.8, 4) is 5.75 Å². The first kappa shape index (κ1) is 15.5. The summed E-state index contributed by atoms with van der Waals surface area (Å²) in [5.74, 6) is 0.709. The van der Waals surface area contributed by atoms with Crippen LogP contribution >= 0.6 is 0 Å². The Morgan fingerprint density at radius 3 is 2.83 bits per heavy atom. The first-order chi connectivity index (χ1) is 11.6. The van der Waals surface area contributed by atoms with Crippen LogP contribution in [-0.4, -0.2) is 27.7 Å². The van der Waals surface area contributed by atoms with Gasteiger partial charge in [0.15, 0.2) is 5.75 Å².